The van der Waals surface area contributed by atoms with Gasteiger partial charge in [0.2, 0.25) is 15.9 Å². The van der Waals surface area contributed by atoms with Crippen LogP contribution >= 0.6 is 0 Å². The number of sulfonamides is 1. The van der Waals surface area contributed by atoms with Gasteiger partial charge in [0.05, 0.1) is 24.7 Å². The number of aryl methyl sites for hydroxylation is 1. The standard InChI is InChI=1S/C23H31N3O4S/c1-17-5-8-20(15-21(17)31(28,29)26-11-13-30-14-12-26)25-22(27)16-24-19-9-6-18(7-10-19)23(2,3)4/h5-10,15,24H,11-14,16H2,1-4H3,(H,25,27). The third kappa shape index (κ3) is 5.84. The summed E-state index contributed by atoms with van der Waals surface area (Å²) in [6.45, 7) is 9.71. The summed E-state index contributed by atoms with van der Waals surface area (Å²) < 4.78 is 32.7. The van der Waals surface area contributed by atoms with E-state index in [9.17, 15) is 13.2 Å². The number of amides is 1. The second-order valence-electron chi connectivity index (χ2n) is 8.73. The fraction of sp³-hybridized carbons (Fsp3) is 0.435. The number of hydrogen-bond donors (Lipinski definition) is 2. The summed E-state index contributed by atoms with van der Waals surface area (Å²) in [6, 6.07) is 12.9. The van der Waals surface area contributed by atoms with Crippen molar-refractivity contribution >= 4 is 27.3 Å². The molecule has 1 amide bonds. The molecule has 0 spiro atoms. The van der Waals surface area contributed by atoms with Crippen LogP contribution < -0.4 is 10.6 Å². The van der Waals surface area contributed by atoms with E-state index >= 15 is 0 Å². The minimum atomic E-state index is -3.64. The highest BCUT2D eigenvalue weighted by Crippen LogP contribution is 2.25. The molecule has 0 bridgehead atoms. The van der Waals surface area contributed by atoms with Gasteiger partial charge in [0.25, 0.3) is 0 Å². The van der Waals surface area contributed by atoms with Crippen molar-refractivity contribution in [2.24, 2.45) is 0 Å². The molecule has 2 aromatic rings. The molecule has 168 valence electrons. The van der Waals surface area contributed by atoms with E-state index in [-0.39, 0.29) is 22.8 Å². The topological polar surface area (TPSA) is 87.7 Å². The van der Waals surface area contributed by atoms with Crippen LogP contribution in [0.5, 0.6) is 0 Å². The van der Waals surface area contributed by atoms with Crippen molar-refractivity contribution in [1.29, 1.82) is 0 Å². The van der Waals surface area contributed by atoms with Gasteiger partial charge < -0.3 is 15.4 Å². The van der Waals surface area contributed by atoms with Gasteiger partial charge in [-0.05, 0) is 47.7 Å². The van der Waals surface area contributed by atoms with Crippen molar-refractivity contribution in [3.8, 4) is 0 Å². The minimum Gasteiger partial charge on any atom is -0.379 e. The highest BCUT2D eigenvalue weighted by molar-refractivity contribution is 7.89. The van der Waals surface area contributed by atoms with E-state index < -0.39 is 10.0 Å². The molecule has 31 heavy (non-hydrogen) atoms. The molecule has 0 atom stereocenters. The van der Waals surface area contributed by atoms with Crippen LogP contribution in [-0.2, 0) is 25.0 Å². The first-order valence-corrected chi connectivity index (χ1v) is 11.8. The van der Waals surface area contributed by atoms with Gasteiger partial charge in [0, 0.05) is 24.5 Å². The van der Waals surface area contributed by atoms with Crippen molar-refractivity contribution in [3.05, 3.63) is 53.6 Å². The monoisotopic (exact) mass is 445 g/mol. The first-order valence-electron chi connectivity index (χ1n) is 10.4. The van der Waals surface area contributed by atoms with E-state index in [0.29, 0.717) is 37.6 Å². The van der Waals surface area contributed by atoms with Crippen LogP contribution in [0.3, 0.4) is 0 Å². The molecule has 0 radical (unpaired) electrons. The summed E-state index contributed by atoms with van der Waals surface area (Å²) in [7, 11) is -3.64. The van der Waals surface area contributed by atoms with E-state index in [4.69, 9.17) is 4.74 Å². The Morgan fingerprint density at radius 3 is 2.26 bits per heavy atom. The SMILES string of the molecule is Cc1ccc(NC(=O)CNc2ccc(C(C)(C)C)cc2)cc1S(=O)(=O)N1CCOCC1. The predicted octanol–water partition coefficient (Wildman–Crippen LogP) is 3.36. The number of morpholine rings is 1. The number of carbonyl (C=O) groups is 1. The van der Waals surface area contributed by atoms with Gasteiger partial charge in [0.1, 0.15) is 0 Å². The molecule has 0 saturated carbocycles. The van der Waals surface area contributed by atoms with Crippen LogP contribution in [0.2, 0.25) is 0 Å². The maximum atomic E-state index is 13.0. The average molecular weight is 446 g/mol. The summed E-state index contributed by atoms with van der Waals surface area (Å²) in [6.07, 6.45) is 0. The lowest BCUT2D eigenvalue weighted by Crippen LogP contribution is -2.40. The molecule has 3 rings (SSSR count). The lowest BCUT2D eigenvalue weighted by Gasteiger charge is -2.26. The van der Waals surface area contributed by atoms with Crippen LogP contribution in [0.4, 0.5) is 11.4 Å². The molecule has 0 aromatic heterocycles. The third-order valence-corrected chi connectivity index (χ3v) is 7.30. The summed E-state index contributed by atoms with van der Waals surface area (Å²) in [5, 5.41) is 5.88. The normalized spacial score (nSPS) is 15.5. The fourth-order valence-electron chi connectivity index (χ4n) is 3.36. The number of carbonyl (C=O) groups excluding carboxylic acids is 1. The van der Waals surface area contributed by atoms with Crippen LogP contribution in [0, 0.1) is 6.92 Å². The van der Waals surface area contributed by atoms with Gasteiger partial charge in [-0.3, -0.25) is 4.79 Å². The lowest BCUT2D eigenvalue weighted by molar-refractivity contribution is -0.114. The number of nitrogens with one attached hydrogen (secondary N) is 2. The first-order chi connectivity index (χ1) is 14.6. The molecule has 1 saturated heterocycles. The molecule has 2 N–H and O–H groups in total. The number of anilines is 2. The molecular weight excluding hydrogens is 414 g/mol. The summed E-state index contributed by atoms with van der Waals surface area (Å²) in [4.78, 5) is 12.6. The lowest BCUT2D eigenvalue weighted by atomic mass is 9.87. The van der Waals surface area contributed by atoms with Crippen molar-refractivity contribution < 1.29 is 17.9 Å². The van der Waals surface area contributed by atoms with Gasteiger partial charge >= 0.3 is 0 Å². The third-order valence-electron chi connectivity index (χ3n) is 5.26. The highest BCUT2D eigenvalue weighted by atomic mass is 32.2. The average Bonchev–Trinajstić information content (AvgIpc) is 2.74. The second kappa shape index (κ2) is 9.38. The van der Waals surface area contributed by atoms with Crippen LogP contribution in [0.25, 0.3) is 0 Å². The quantitative estimate of drug-likeness (QED) is 0.712. The number of hydrogen-bond acceptors (Lipinski definition) is 5. The van der Waals surface area contributed by atoms with Crippen LogP contribution in [0.1, 0.15) is 31.9 Å². The predicted molar refractivity (Wildman–Crippen MR) is 123 cm³/mol. The van der Waals surface area contributed by atoms with Crippen molar-refractivity contribution in [2.45, 2.75) is 38.0 Å². The Morgan fingerprint density at radius 2 is 1.65 bits per heavy atom. The number of ether oxygens (including phenoxy) is 1. The fourth-order valence-corrected chi connectivity index (χ4v) is 5.02. The van der Waals surface area contributed by atoms with Gasteiger partial charge in [0.15, 0.2) is 0 Å². The van der Waals surface area contributed by atoms with Gasteiger partial charge in [-0.1, -0.05) is 39.0 Å². The smallest absolute Gasteiger partial charge is 0.243 e. The van der Waals surface area contributed by atoms with E-state index in [1.165, 1.54) is 15.9 Å². The molecule has 2 aromatic carbocycles. The molecule has 1 fully saturated rings. The number of benzene rings is 2. The van der Waals surface area contributed by atoms with Crippen molar-refractivity contribution in [1.82, 2.24) is 4.31 Å². The Kier molecular flexibility index (Phi) is 7.03. The summed E-state index contributed by atoms with van der Waals surface area (Å²) in [5.74, 6) is -0.251. The molecule has 7 nitrogen and oxygen atoms in total. The zero-order chi connectivity index (χ0) is 22.6. The molecule has 8 heteroatoms. The van der Waals surface area contributed by atoms with Gasteiger partial charge in [-0.15, -0.1) is 0 Å². The minimum absolute atomic E-state index is 0.0700. The maximum absolute atomic E-state index is 13.0. The van der Waals surface area contributed by atoms with Crippen LogP contribution in [0.15, 0.2) is 47.4 Å². The molecule has 1 aliphatic heterocycles. The van der Waals surface area contributed by atoms with E-state index in [1.807, 2.05) is 24.3 Å². The zero-order valence-electron chi connectivity index (χ0n) is 18.6. The Balaban J connectivity index is 1.64. The molecule has 0 unspecified atom stereocenters. The van der Waals surface area contributed by atoms with Gasteiger partial charge in [-0.2, -0.15) is 4.31 Å². The number of rotatable bonds is 6. The Morgan fingerprint density at radius 1 is 1.03 bits per heavy atom. The molecular formula is C23H31N3O4S. The van der Waals surface area contributed by atoms with Crippen molar-refractivity contribution in [3.63, 3.8) is 0 Å². The molecule has 1 aliphatic rings. The molecule has 0 aliphatic carbocycles. The highest BCUT2D eigenvalue weighted by Gasteiger charge is 2.28. The summed E-state index contributed by atoms with van der Waals surface area (Å²) in [5.41, 5.74) is 3.23. The number of nitrogens with zero attached hydrogens (tertiary/aromatic N) is 1. The molecule has 1 heterocycles. The van der Waals surface area contributed by atoms with E-state index in [2.05, 4.69) is 31.4 Å². The van der Waals surface area contributed by atoms with E-state index in [0.717, 1.165) is 5.69 Å². The maximum Gasteiger partial charge on any atom is 0.243 e. The van der Waals surface area contributed by atoms with Crippen LogP contribution in [-0.4, -0.2) is 51.5 Å². The first kappa shape index (κ1) is 23.2. The van der Waals surface area contributed by atoms with E-state index in [1.54, 1.807) is 19.1 Å². The Hall–Kier alpha value is -2.42. The van der Waals surface area contributed by atoms with Crippen molar-refractivity contribution in [2.75, 3.05) is 43.5 Å². The zero-order valence-corrected chi connectivity index (χ0v) is 19.4. The second-order valence-corrected chi connectivity index (χ2v) is 10.6. The Labute approximate surface area is 184 Å². The Bertz CT molecular complexity index is 1020. The summed E-state index contributed by atoms with van der Waals surface area (Å²) >= 11 is 0. The largest absolute Gasteiger partial charge is 0.379 e. The van der Waals surface area contributed by atoms with Gasteiger partial charge in [-0.25, -0.2) is 8.42 Å².